The van der Waals surface area contributed by atoms with E-state index in [0.29, 0.717) is 4.90 Å². The molecule has 0 fully saturated rings. The van der Waals surface area contributed by atoms with E-state index in [9.17, 15) is 19.7 Å². The van der Waals surface area contributed by atoms with Gasteiger partial charge < -0.3 is 11.1 Å². The van der Waals surface area contributed by atoms with Crippen molar-refractivity contribution in [3.05, 3.63) is 69.3 Å². The van der Waals surface area contributed by atoms with Crippen LogP contribution in [-0.2, 0) is 11.2 Å². The van der Waals surface area contributed by atoms with Crippen molar-refractivity contribution in [2.75, 3.05) is 5.75 Å². The molecular formula is C19H19N3O4S. The summed E-state index contributed by atoms with van der Waals surface area (Å²) in [6.07, 6.45) is 2.89. The van der Waals surface area contributed by atoms with Crippen LogP contribution in [0.2, 0.25) is 0 Å². The van der Waals surface area contributed by atoms with Gasteiger partial charge in [-0.05, 0) is 42.5 Å². The van der Waals surface area contributed by atoms with Crippen LogP contribution < -0.4 is 11.1 Å². The van der Waals surface area contributed by atoms with E-state index in [0.717, 1.165) is 42.7 Å². The topological polar surface area (TPSA) is 115 Å². The van der Waals surface area contributed by atoms with Crippen molar-refractivity contribution < 1.29 is 14.5 Å². The summed E-state index contributed by atoms with van der Waals surface area (Å²) < 4.78 is 0. The predicted octanol–water partition coefficient (Wildman–Crippen LogP) is 2.98. The number of rotatable bonds is 6. The summed E-state index contributed by atoms with van der Waals surface area (Å²) in [5.41, 5.74) is 7.39. The minimum Gasteiger partial charge on any atom is -0.366 e. The Morgan fingerprint density at radius 1 is 1.26 bits per heavy atom. The number of nitro benzene ring substituents is 1. The fraction of sp³-hybridized carbons (Fsp3) is 0.263. The Labute approximate surface area is 160 Å². The number of nitrogens with two attached hydrogens (primary N) is 1. The average Bonchev–Trinajstić information content (AvgIpc) is 2.66. The molecule has 3 rings (SSSR count). The fourth-order valence-corrected chi connectivity index (χ4v) is 4.03. The molecule has 1 aliphatic rings. The van der Waals surface area contributed by atoms with E-state index in [-0.39, 0.29) is 29.0 Å². The Bertz CT molecular complexity index is 900. The molecule has 0 aromatic heterocycles. The van der Waals surface area contributed by atoms with Crippen LogP contribution in [0, 0.1) is 10.1 Å². The van der Waals surface area contributed by atoms with Gasteiger partial charge in [0.15, 0.2) is 0 Å². The highest BCUT2D eigenvalue weighted by Gasteiger charge is 2.22. The van der Waals surface area contributed by atoms with Gasteiger partial charge in [0.25, 0.3) is 5.69 Å². The zero-order valence-corrected chi connectivity index (χ0v) is 15.3. The van der Waals surface area contributed by atoms with E-state index >= 15 is 0 Å². The van der Waals surface area contributed by atoms with Crippen molar-refractivity contribution in [3.63, 3.8) is 0 Å². The van der Waals surface area contributed by atoms with E-state index in [1.807, 2.05) is 18.2 Å². The number of nitrogens with zero attached hydrogens (tertiary/aromatic N) is 1. The molecule has 0 saturated heterocycles. The van der Waals surface area contributed by atoms with Crippen molar-refractivity contribution in [2.24, 2.45) is 5.73 Å². The largest absolute Gasteiger partial charge is 0.366 e. The van der Waals surface area contributed by atoms with E-state index in [1.54, 1.807) is 0 Å². The highest BCUT2D eigenvalue weighted by atomic mass is 32.2. The molecule has 0 radical (unpaired) electrons. The monoisotopic (exact) mass is 385 g/mol. The van der Waals surface area contributed by atoms with Gasteiger partial charge in [0.05, 0.1) is 21.6 Å². The number of hydrogen-bond donors (Lipinski definition) is 2. The lowest BCUT2D eigenvalue weighted by Gasteiger charge is -2.26. The lowest BCUT2D eigenvalue weighted by molar-refractivity contribution is -0.387. The van der Waals surface area contributed by atoms with E-state index in [4.69, 9.17) is 5.73 Å². The molecule has 8 heteroatoms. The molecule has 0 aliphatic heterocycles. The third-order valence-corrected chi connectivity index (χ3v) is 5.57. The van der Waals surface area contributed by atoms with Gasteiger partial charge in [-0.1, -0.05) is 24.3 Å². The Morgan fingerprint density at radius 3 is 2.78 bits per heavy atom. The molecule has 1 atom stereocenters. The van der Waals surface area contributed by atoms with Gasteiger partial charge in [0.1, 0.15) is 0 Å². The summed E-state index contributed by atoms with van der Waals surface area (Å²) in [7, 11) is 0. The minimum atomic E-state index is -0.733. The number of nitro groups is 1. The second-order valence-corrected chi connectivity index (χ2v) is 7.32. The molecule has 0 unspecified atom stereocenters. The van der Waals surface area contributed by atoms with Crippen molar-refractivity contribution >= 4 is 29.3 Å². The SMILES string of the molecule is NC(=O)c1ccc(SCC(=O)N[C@H]2CCCc3ccccc32)c([N+](=O)[O-])c1. The number of thioether (sulfide) groups is 1. The fourth-order valence-electron chi connectivity index (χ4n) is 3.22. The predicted molar refractivity (Wildman–Crippen MR) is 103 cm³/mol. The quantitative estimate of drug-likeness (QED) is 0.451. The maximum Gasteiger partial charge on any atom is 0.283 e. The van der Waals surface area contributed by atoms with Crippen molar-refractivity contribution in [3.8, 4) is 0 Å². The molecule has 2 aromatic carbocycles. The molecule has 0 bridgehead atoms. The van der Waals surface area contributed by atoms with Gasteiger partial charge >= 0.3 is 0 Å². The Balaban J connectivity index is 1.66. The molecule has 1 aliphatic carbocycles. The van der Waals surface area contributed by atoms with Crippen LogP contribution in [0.4, 0.5) is 5.69 Å². The second kappa shape index (κ2) is 8.22. The molecule has 0 heterocycles. The van der Waals surface area contributed by atoms with Crippen molar-refractivity contribution in [1.82, 2.24) is 5.32 Å². The molecule has 27 heavy (non-hydrogen) atoms. The van der Waals surface area contributed by atoms with Gasteiger partial charge in [-0.3, -0.25) is 19.7 Å². The Hall–Kier alpha value is -2.87. The molecule has 7 nitrogen and oxygen atoms in total. The van der Waals surface area contributed by atoms with E-state index in [1.165, 1.54) is 17.7 Å². The van der Waals surface area contributed by atoms with Gasteiger partial charge in [0.2, 0.25) is 11.8 Å². The highest BCUT2D eigenvalue weighted by Crippen LogP contribution is 2.32. The second-order valence-electron chi connectivity index (χ2n) is 6.30. The number of aryl methyl sites for hydroxylation is 1. The van der Waals surface area contributed by atoms with Crippen molar-refractivity contribution in [1.29, 1.82) is 0 Å². The average molecular weight is 385 g/mol. The maximum atomic E-state index is 12.4. The van der Waals surface area contributed by atoms with E-state index in [2.05, 4.69) is 11.4 Å². The molecule has 140 valence electrons. The van der Waals surface area contributed by atoms with Gasteiger partial charge in [0, 0.05) is 11.6 Å². The van der Waals surface area contributed by atoms with Crippen LogP contribution in [0.25, 0.3) is 0 Å². The van der Waals surface area contributed by atoms with Crippen LogP contribution in [0.3, 0.4) is 0 Å². The smallest absolute Gasteiger partial charge is 0.283 e. The number of carbonyl (C=O) groups excluding carboxylic acids is 2. The van der Waals surface area contributed by atoms with Crippen LogP contribution in [0.1, 0.15) is 40.4 Å². The molecule has 0 saturated carbocycles. The number of fused-ring (bicyclic) bond motifs is 1. The molecule has 0 spiro atoms. The number of amides is 2. The number of benzene rings is 2. The molecule has 2 aromatic rings. The third-order valence-electron chi connectivity index (χ3n) is 4.50. The van der Waals surface area contributed by atoms with E-state index < -0.39 is 10.8 Å². The highest BCUT2D eigenvalue weighted by molar-refractivity contribution is 8.00. The van der Waals surface area contributed by atoms with Crippen LogP contribution in [0.15, 0.2) is 47.4 Å². The van der Waals surface area contributed by atoms with Gasteiger partial charge in [-0.15, -0.1) is 11.8 Å². The number of primary amides is 1. The summed E-state index contributed by atoms with van der Waals surface area (Å²) in [6.45, 7) is 0. The van der Waals surface area contributed by atoms with Crippen LogP contribution in [0.5, 0.6) is 0 Å². The van der Waals surface area contributed by atoms with Crippen molar-refractivity contribution in [2.45, 2.75) is 30.2 Å². The maximum absolute atomic E-state index is 12.4. The number of nitrogens with one attached hydrogen (secondary N) is 1. The lowest BCUT2D eigenvalue weighted by Crippen LogP contribution is -2.32. The molecular weight excluding hydrogens is 366 g/mol. The first-order valence-electron chi connectivity index (χ1n) is 8.54. The summed E-state index contributed by atoms with van der Waals surface area (Å²) in [5, 5.41) is 14.3. The first kappa shape index (κ1) is 18.9. The standard InChI is InChI=1S/C19H19N3O4S/c20-19(24)13-8-9-17(16(10-13)22(25)26)27-11-18(23)21-15-7-3-5-12-4-1-2-6-14(12)15/h1-2,4,6,8-10,15H,3,5,7,11H2,(H2,20,24)(H,21,23)/t15-/m0/s1. The van der Waals surface area contributed by atoms with Crippen LogP contribution in [-0.4, -0.2) is 22.5 Å². The molecule has 2 amide bonds. The zero-order chi connectivity index (χ0) is 19.4. The lowest BCUT2D eigenvalue weighted by atomic mass is 9.88. The first-order chi connectivity index (χ1) is 13.0. The zero-order valence-electron chi connectivity index (χ0n) is 14.5. The van der Waals surface area contributed by atoms with Gasteiger partial charge in [-0.25, -0.2) is 0 Å². The minimum absolute atomic E-state index is 0.0322. The summed E-state index contributed by atoms with van der Waals surface area (Å²) in [6, 6.07) is 12.0. The number of carbonyl (C=O) groups is 2. The summed E-state index contributed by atoms with van der Waals surface area (Å²) in [5.74, 6) is -0.867. The Morgan fingerprint density at radius 2 is 2.04 bits per heavy atom. The third kappa shape index (κ3) is 4.46. The summed E-state index contributed by atoms with van der Waals surface area (Å²) in [4.78, 5) is 34.6. The van der Waals surface area contributed by atoms with Gasteiger partial charge in [-0.2, -0.15) is 0 Å². The molecule has 3 N–H and O–H groups in total. The first-order valence-corrected chi connectivity index (χ1v) is 9.52. The Kier molecular flexibility index (Phi) is 5.75. The number of hydrogen-bond acceptors (Lipinski definition) is 5. The summed E-state index contributed by atoms with van der Waals surface area (Å²) >= 11 is 1.07. The normalized spacial score (nSPS) is 15.6. The van der Waals surface area contributed by atoms with Crippen LogP contribution >= 0.6 is 11.8 Å².